The van der Waals surface area contributed by atoms with E-state index in [1.54, 1.807) is 12.1 Å². The molecular weight excluding hydrogens is 486 g/mol. The smallest absolute Gasteiger partial charge is 0.244 e. The van der Waals surface area contributed by atoms with Crippen LogP contribution in [0.15, 0.2) is 53.4 Å². The topological polar surface area (TPSA) is 107 Å². The number of likely N-dealkylation sites (tertiary alicyclic amines) is 1. The molecule has 2 unspecified atom stereocenters. The molecule has 5 rings (SSSR count). The number of nitriles is 1. The molecule has 182 valence electrons. The molecule has 35 heavy (non-hydrogen) atoms. The van der Waals surface area contributed by atoms with E-state index in [1.165, 1.54) is 17.0 Å². The maximum Gasteiger partial charge on any atom is 0.244 e. The van der Waals surface area contributed by atoms with Crippen molar-refractivity contribution in [1.29, 1.82) is 5.26 Å². The average Bonchev–Trinajstić information content (AvgIpc) is 3.76. The van der Waals surface area contributed by atoms with Crippen LogP contribution in [0.5, 0.6) is 0 Å². The van der Waals surface area contributed by atoms with Crippen molar-refractivity contribution in [2.45, 2.75) is 66.2 Å². The van der Waals surface area contributed by atoms with Crippen molar-refractivity contribution in [3.63, 3.8) is 0 Å². The monoisotopic (exact) mass is 511 g/mol. The summed E-state index contributed by atoms with van der Waals surface area (Å²) < 4.78 is 27.0. The predicted molar refractivity (Wildman–Crippen MR) is 130 cm³/mol. The molecular formula is C26H26ClN3O4S. The number of carbonyl (C=O) groups excluding carboxylic acids is 2. The number of rotatable bonds is 6. The van der Waals surface area contributed by atoms with E-state index >= 15 is 0 Å². The van der Waals surface area contributed by atoms with Crippen molar-refractivity contribution in [2.75, 3.05) is 6.54 Å². The predicted octanol–water partition coefficient (Wildman–Crippen LogP) is 3.30. The molecule has 0 spiro atoms. The minimum absolute atomic E-state index is 0.00418. The Balaban J connectivity index is 1.48. The second kappa shape index (κ2) is 8.35. The molecule has 2 atom stereocenters. The van der Waals surface area contributed by atoms with Crippen LogP contribution in [0.3, 0.4) is 0 Å². The second-order valence-electron chi connectivity index (χ2n) is 9.94. The van der Waals surface area contributed by atoms with Gasteiger partial charge in [0.2, 0.25) is 11.8 Å². The minimum Gasteiger partial charge on any atom is -0.336 e. The average molecular weight is 512 g/mol. The summed E-state index contributed by atoms with van der Waals surface area (Å²) in [4.78, 5) is 28.6. The number of halogens is 1. The van der Waals surface area contributed by atoms with Crippen molar-refractivity contribution >= 4 is 33.3 Å². The summed E-state index contributed by atoms with van der Waals surface area (Å²) in [6.45, 7) is 1.87. The van der Waals surface area contributed by atoms with E-state index in [-0.39, 0.29) is 28.8 Å². The first-order chi connectivity index (χ1) is 16.6. The Bertz CT molecular complexity index is 1340. The maximum atomic E-state index is 13.9. The largest absolute Gasteiger partial charge is 0.336 e. The highest BCUT2D eigenvalue weighted by Crippen LogP contribution is 2.51. The molecule has 1 heterocycles. The van der Waals surface area contributed by atoms with Crippen LogP contribution in [-0.4, -0.2) is 48.5 Å². The quantitative estimate of drug-likeness (QED) is 0.640. The SMILES string of the molecule is Cc1ccc(C2(C(=O)N3CC(S(=O)(=O)c4ccccc4Cl)CC3C(=O)NC3(C#N)CC3)CC2)cc1. The van der Waals surface area contributed by atoms with Gasteiger partial charge in [-0.1, -0.05) is 53.6 Å². The molecule has 1 aliphatic heterocycles. The van der Waals surface area contributed by atoms with Crippen LogP contribution >= 0.6 is 11.6 Å². The maximum absolute atomic E-state index is 13.9. The lowest BCUT2D eigenvalue weighted by Crippen LogP contribution is -2.51. The van der Waals surface area contributed by atoms with Gasteiger partial charge in [0.15, 0.2) is 9.84 Å². The number of amides is 2. The normalized spacial score (nSPS) is 23.9. The third kappa shape index (κ3) is 4.11. The lowest BCUT2D eigenvalue weighted by molar-refractivity contribution is -0.140. The summed E-state index contributed by atoms with van der Waals surface area (Å²) in [6.07, 6.45) is 2.33. The van der Waals surface area contributed by atoms with Gasteiger partial charge in [-0.3, -0.25) is 9.59 Å². The van der Waals surface area contributed by atoms with E-state index in [2.05, 4.69) is 11.4 Å². The molecule has 1 N–H and O–H groups in total. The third-order valence-corrected chi connectivity index (χ3v) is 10.1. The fourth-order valence-electron chi connectivity index (χ4n) is 4.96. The fourth-order valence-corrected chi connectivity index (χ4v) is 7.18. The molecule has 2 aliphatic carbocycles. The molecule has 3 fully saturated rings. The standard InChI is InChI=1S/C26H26ClN3O4S/c1-17-6-8-18(9-7-17)26(12-13-26)24(32)30-15-19(35(33,34)22-5-3-2-4-20(22)27)14-21(30)23(31)29-25(16-28)10-11-25/h2-9,19,21H,10-15H2,1H3,(H,29,31). The van der Waals surface area contributed by atoms with Crippen LogP contribution < -0.4 is 5.32 Å². The van der Waals surface area contributed by atoms with Gasteiger partial charge in [-0.25, -0.2) is 8.42 Å². The molecule has 2 amide bonds. The van der Waals surface area contributed by atoms with Crippen molar-refractivity contribution in [1.82, 2.24) is 10.2 Å². The van der Waals surface area contributed by atoms with Crippen LogP contribution in [-0.2, 0) is 24.8 Å². The number of nitrogens with zero attached hydrogens (tertiary/aromatic N) is 2. The zero-order valence-electron chi connectivity index (χ0n) is 19.3. The number of hydrogen-bond acceptors (Lipinski definition) is 5. The molecule has 0 aromatic heterocycles. The van der Waals surface area contributed by atoms with Gasteiger partial charge in [0, 0.05) is 6.54 Å². The van der Waals surface area contributed by atoms with Crippen LogP contribution in [0.2, 0.25) is 5.02 Å². The highest BCUT2D eigenvalue weighted by atomic mass is 35.5. The fraction of sp³-hybridized carbons (Fsp3) is 0.423. The van der Waals surface area contributed by atoms with Gasteiger partial charge in [0.1, 0.15) is 11.6 Å². The number of carbonyl (C=O) groups is 2. The van der Waals surface area contributed by atoms with Gasteiger partial charge >= 0.3 is 0 Å². The summed E-state index contributed by atoms with van der Waals surface area (Å²) in [5, 5.41) is 11.3. The second-order valence-corrected chi connectivity index (χ2v) is 12.5. The van der Waals surface area contributed by atoms with E-state index in [1.807, 2.05) is 31.2 Å². The Kier molecular flexibility index (Phi) is 5.69. The van der Waals surface area contributed by atoms with Crippen LogP contribution in [0.25, 0.3) is 0 Å². The Morgan fingerprint density at radius 3 is 2.31 bits per heavy atom. The lowest BCUT2D eigenvalue weighted by atomic mass is 9.93. The number of benzene rings is 2. The molecule has 1 saturated heterocycles. The number of aryl methyl sites for hydroxylation is 1. The summed E-state index contributed by atoms with van der Waals surface area (Å²) >= 11 is 6.20. The Morgan fingerprint density at radius 2 is 1.74 bits per heavy atom. The molecule has 2 saturated carbocycles. The highest BCUT2D eigenvalue weighted by Gasteiger charge is 2.58. The van der Waals surface area contributed by atoms with Gasteiger partial charge in [0.25, 0.3) is 0 Å². The number of hydrogen-bond donors (Lipinski definition) is 1. The number of sulfone groups is 1. The first-order valence-corrected chi connectivity index (χ1v) is 13.6. The van der Waals surface area contributed by atoms with Gasteiger partial charge in [0.05, 0.1) is 26.7 Å². The summed E-state index contributed by atoms with van der Waals surface area (Å²) in [5.41, 5.74) is 0.287. The molecule has 0 radical (unpaired) electrons. The van der Waals surface area contributed by atoms with Gasteiger partial charge in [-0.15, -0.1) is 0 Å². The van der Waals surface area contributed by atoms with E-state index < -0.39 is 38.0 Å². The molecule has 2 aromatic rings. The molecule has 7 nitrogen and oxygen atoms in total. The first kappa shape index (κ1) is 23.8. The minimum atomic E-state index is -3.90. The lowest BCUT2D eigenvalue weighted by Gasteiger charge is -2.29. The van der Waals surface area contributed by atoms with Gasteiger partial charge < -0.3 is 10.2 Å². The highest BCUT2D eigenvalue weighted by molar-refractivity contribution is 7.92. The Labute approximate surface area is 210 Å². The van der Waals surface area contributed by atoms with E-state index in [9.17, 15) is 23.3 Å². The van der Waals surface area contributed by atoms with Gasteiger partial charge in [-0.2, -0.15) is 5.26 Å². The van der Waals surface area contributed by atoms with Crippen LogP contribution in [0.1, 0.15) is 43.2 Å². The molecule has 0 bridgehead atoms. The van der Waals surface area contributed by atoms with Gasteiger partial charge in [-0.05, 0) is 56.7 Å². The van der Waals surface area contributed by atoms with Crippen molar-refractivity contribution in [3.05, 3.63) is 64.7 Å². The molecule has 2 aromatic carbocycles. The molecule has 9 heteroatoms. The zero-order chi connectivity index (χ0) is 25.0. The number of nitrogens with one attached hydrogen (secondary N) is 1. The van der Waals surface area contributed by atoms with Crippen molar-refractivity contribution in [3.8, 4) is 6.07 Å². The van der Waals surface area contributed by atoms with E-state index in [4.69, 9.17) is 11.6 Å². The summed E-state index contributed by atoms with van der Waals surface area (Å²) in [5.74, 6) is -0.714. The molecule has 3 aliphatic rings. The first-order valence-electron chi connectivity index (χ1n) is 11.7. The summed E-state index contributed by atoms with van der Waals surface area (Å²) in [7, 11) is -3.90. The van der Waals surface area contributed by atoms with Crippen LogP contribution in [0, 0.1) is 18.3 Å². The van der Waals surface area contributed by atoms with Crippen molar-refractivity contribution < 1.29 is 18.0 Å². The summed E-state index contributed by atoms with van der Waals surface area (Å²) in [6, 6.07) is 15.1. The van der Waals surface area contributed by atoms with Crippen LogP contribution in [0.4, 0.5) is 0 Å². The zero-order valence-corrected chi connectivity index (χ0v) is 20.9. The van der Waals surface area contributed by atoms with E-state index in [0.717, 1.165) is 11.1 Å². The van der Waals surface area contributed by atoms with E-state index in [0.29, 0.717) is 25.7 Å². The Hall–Kier alpha value is -2.89. The third-order valence-electron chi connectivity index (χ3n) is 7.50. The Morgan fingerprint density at radius 1 is 1.09 bits per heavy atom. The van der Waals surface area contributed by atoms with Crippen molar-refractivity contribution in [2.24, 2.45) is 0 Å².